The molecule has 2 aromatic rings. The number of ether oxygens (including phenoxy) is 1. The lowest BCUT2D eigenvalue weighted by Gasteiger charge is -2.08. The Morgan fingerprint density at radius 1 is 1.50 bits per heavy atom. The molecule has 106 valence electrons. The molecule has 0 spiro atoms. The lowest BCUT2D eigenvalue weighted by atomic mass is 10.1. The zero-order valence-electron chi connectivity index (χ0n) is 11.5. The predicted octanol–water partition coefficient (Wildman–Crippen LogP) is 2.28. The second-order valence-corrected chi connectivity index (χ2v) is 4.46. The summed E-state index contributed by atoms with van der Waals surface area (Å²) in [6.45, 7) is 3.09. The highest BCUT2D eigenvalue weighted by atomic mass is 16.5. The largest absolute Gasteiger partial charge is 0.478 e. The van der Waals surface area contributed by atoms with Gasteiger partial charge in [0.15, 0.2) is 0 Å². The number of aryl methyl sites for hydroxylation is 1. The van der Waals surface area contributed by atoms with Gasteiger partial charge in [-0.05, 0) is 19.1 Å². The lowest BCUT2D eigenvalue weighted by Crippen LogP contribution is -2.04. The third-order valence-corrected chi connectivity index (χ3v) is 2.84. The van der Waals surface area contributed by atoms with Crippen molar-refractivity contribution >= 4 is 17.3 Å². The summed E-state index contributed by atoms with van der Waals surface area (Å²) in [7, 11) is 1.63. The van der Waals surface area contributed by atoms with Crippen LogP contribution in [0.3, 0.4) is 0 Å². The fourth-order valence-electron chi connectivity index (χ4n) is 1.83. The Morgan fingerprint density at radius 2 is 2.30 bits per heavy atom. The van der Waals surface area contributed by atoms with Crippen molar-refractivity contribution in [3.8, 4) is 0 Å². The maximum Gasteiger partial charge on any atom is 0.337 e. The van der Waals surface area contributed by atoms with Crippen LogP contribution in [0.25, 0.3) is 0 Å². The van der Waals surface area contributed by atoms with Gasteiger partial charge in [0.1, 0.15) is 0 Å². The number of methoxy groups -OCH3 is 1. The molecule has 2 N–H and O–H groups in total. The highest BCUT2D eigenvalue weighted by Crippen LogP contribution is 2.22. The number of benzene rings is 1. The van der Waals surface area contributed by atoms with Crippen molar-refractivity contribution in [2.45, 2.75) is 13.5 Å². The van der Waals surface area contributed by atoms with E-state index < -0.39 is 5.97 Å². The second kappa shape index (κ2) is 6.21. The summed E-state index contributed by atoms with van der Waals surface area (Å²) in [5, 5.41) is 16.5. The summed E-state index contributed by atoms with van der Waals surface area (Å²) in [5.74, 6) is -0.956. The van der Waals surface area contributed by atoms with Crippen LogP contribution in [-0.4, -0.2) is 34.6 Å². The van der Waals surface area contributed by atoms with Gasteiger partial charge in [-0.1, -0.05) is 11.6 Å². The zero-order valence-corrected chi connectivity index (χ0v) is 11.5. The van der Waals surface area contributed by atoms with E-state index in [1.807, 2.05) is 19.2 Å². The molecule has 0 saturated heterocycles. The molecule has 6 heteroatoms. The van der Waals surface area contributed by atoms with Crippen LogP contribution in [0.5, 0.6) is 0 Å². The number of aromatic carboxylic acids is 1. The van der Waals surface area contributed by atoms with Gasteiger partial charge in [0, 0.05) is 13.3 Å². The van der Waals surface area contributed by atoms with E-state index in [9.17, 15) is 9.90 Å². The molecule has 0 aliphatic heterocycles. The Kier molecular flexibility index (Phi) is 4.37. The summed E-state index contributed by atoms with van der Waals surface area (Å²) in [5.41, 5.74) is 2.44. The molecule has 0 radical (unpaired) electrons. The molecule has 6 nitrogen and oxygen atoms in total. The fourth-order valence-corrected chi connectivity index (χ4v) is 1.83. The van der Waals surface area contributed by atoms with Gasteiger partial charge in [0.25, 0.3) is 0 Å². The SMILES string of the molecule is COCCn1cc(Nc2ccc(C)cc2C(=O)O)cn1. The molecular weight excluding hydrogens is 258 g/mol. The van der Waals surface area contributed by atoms with Crippen molar-refractivity contribution in [3.63, 3.8) is 0 Å². The van der Waals surface area contributed by atoms with Crippen molar-refractivity contribution in [2.24, 2.45) is 0 Å². The molecule has 1 heterocycles. The normalized spacial score (nSPS) is 10.5. The number of nitrogens with zero attached hydrogens (tertiary/aromatic N) is 2. The first-order valence-corrected chi connectivity index (χ1v) is 6.22. The van der Waals surface area contributed by atoms with Crippen LogP contribution >= 0.6 is 0 Å². The Balaban J connectivity index is 2.17. The molecule has 0 atom stereocenters. The third-order valence-electron chi connectivity index (χ3n) is 2.84. The third kappa shape index (κ3) is 3.36. The molecule has 0 aliphatic rings. The van der Waals surface area contributed by atoms with Gasteiger partial charge in [0.05, 0.1) is 36.3 Å². The van der Waals surface area contributed by atoms with E-state index in [2.05, 4.69) is 10.4 Å². The summed E-state index contributed by atoms with van der Waals surface area (Å²) in [6, 6.07) is 5.26. The predicted molar refractivity (Wildman–Crippen MR) is 75.5 cm³/mol. The van der Waals surface area contributed by atoms with E-state index in [0.717, 1.165) is 11.3 Å². The molecule has 0 fully saturated rings. The van der Waals surface area contributed by atoms with Crippen LogP contribution in [0.1, 0.15) is 15.9 Å². The maximum atomic E-state index is 11.2. The van der Waals surface area contributed by atoms with Gasteiger partial charge < -0.3 is 15.2 Å². The zero-order chi connectivity index (χ0) is 14.5. The first-order chi connectivity index (χ1) is 9.60. The molecule has 1 aromatic carbocycles. The number of hydrogen-bond donors (Lipinski definition) is 2. The Hall–Kier alpha value is -2.34. The number of hydrogen-bond acceptors (Lipinski definition) is 4. The Labute approximate surface area is 117 Å². The average Bonchev–Trinajstić information content (AvgIpc) is 2.86. The fraction of sp³-hybridized carbons (Fsp3) is 0.286. The first kappa shape index (κ1) is 14.1. The van der Waals surface area contributed by atoms with Crippen LogP contribution in [0.2, 0.25) is 0 Å². The van der Waals surface area contributed by atoms with Gasteiger partial charge in [-0.25, -0.2) is 4.79 Å². The number of carbonyl (C=O) groups is 1. The van der Waals surface area contributed by atoms with Crippen molar-refractivity contribution in [3.05, 3.63) is 41.7 Å². The van der Waals surface area contributed by atoms with E-state index in [-0.39, 0.29) is 5.56 Å². The summed E-state index contributed by atoms with van der Waals surface area (Å²) >= 11 is 0. The lowest BCUT2D eigenvalue weighted by molar-refractivity contribution is 0.0698. The molecule has 0 unspecified atom stereocenters. The molecule has 0 aliphatic carbocycles. The van der Waals surface area contributed by atoms with Crippen molar-refractivity contribution in [1.82, 2.24) is 9.78 Å². The van der Waals surface area contributed by atoms with Crippen LogP contribution < -0.4 is 5.32 Å². The Bertz CT molecular complexity index is 607. The topological polar surface area (TPSA) is 76.4 Å². The minimum Gasteiger partial charge on any atom is -0.478 e. The molecule has 20 heavy (non-hydrogen) atoms. The van der Waals surface area contributed by atoms with Crippen LogP contribution in [-0.2, 0) is 11.3 Å². The number of anilines is 2. The molecule has 1 aromatic heterocycles. The minimum absolute atomic E-state index is 0.245. The van der Waals surface area contributed by atoms with E-state index >= 15 is 0 Å². The number of aromatic nitrogens is 2. The molecule has 0 bridgehead atoms. The molecular formula is C14H17N3O3. The van der Waals surface area contributed by atoms with E-state index in [1.54, 1.807) is 30.1 Å². The van der Waals surface area contributed by atoms with Crippen LogP contribution in [0.15, 0.2) is 30.6 Å². The van der Waals surface area contributed by atoms with Crippen LogP contribution in [0.4, 0.5) is 11.4 Å². The average molecular weight is 275 g/mol. The summed E-state index contributed by atoms with van der Waals surface area (Å²) in [6.07, 6.45) is 3.46. The van der Waals surface area contributed by atoms with E-state index in [0.29, 0.717) is 18.8 Å². The smallest absolute Gasteiger partial charge is 0.337 e. The molecule has 0 saturated carbocycles. The summed E-state index contributed by atoms with van der Waals surface area (Å²) < 4.78 is 6.71. The standard InChI is InChI=1S/C14H17N3O3/c1-10-3-4-13(12(7-10)14(18)19)16-11-8-15-17(9-11)5-6-20-2/h3-4,7-9,16H,5-6H2,1-2H3,(H,18,19). The van der Waals surface area contributed by atoms with Gasteiger partial charge in [-0.2, -0.15) is 5.10 Å². The van der Waals surface area contributed by atoms with Gasteiger partial charge >= 0.3 is 5.97 Å². The number of carboxylic acid groups (broad SMARTS) is 1. The van der Waals surface area contributed by atoms with Crippen molar-refractivity contribution in [2.75, 3.05) is 19.0 Å². The first-order valence-electron chi connectivity index (χ1n) is 6.22. The number of carboxylic acids is 1. The monoisotopic (exact) mass is 275 g/mol. The van der Waals surface area contributed by atoms with E-state index in [4.69, 9.17) is 4.74 Å². The number of rotatable bonds is 6. The summed E-state index contributed by atoms with van der Waals surface area (Å²) in [4.78, 5) is 11.2. The van der Waals surface area contributed by atoms with Crippen LogP contribution in [0, 0.1) is 6.92 Å². The van der Waals surface area contributed by atoms with Gasteiger partial charge in [0.2, 0.25) is 0 Å². The number of nitrogens with one attached hydrogen (secondary N) is 1. The Morgan fingerprint density at radius 3 is 3.00 bits per heavy atom. The highest BCUT2D eigenvalue weighted by molar-refractivity contribution is 5.95. The van der Waals surface area contributed by atoms with Crippen molar-refractivity contribution < 1.29 is 14.6 Å². The minimum atomic E-state index is -0.956. The molecule has 2 rings (SSSR count). The quantitative estimate of drug-likeness (QED) is 0.845. The highest BCUT2D eigenvalue weighted by Gasteiger charge is 2.11. The molecule has 0 amide bonds. The van der Waals surface area contributed by atoms with Crippen molar-refractivity contribution in [1.29, 1.82) is 0 Å². The van der Waals surface area contributed by atoms with Gasteiger partial charge in [-0.15, -0.1) is 0 Å². The van der Waals surface area contributed by atoms with E-state index in [1.165, 1.54) is 0 Å². The maximum absolute atomic E-state index is 11.2. The van der Waals surface area contributed by atoms with Gasteiger partial charge in [-0.3, -0.25) is 4.68 Å². The second-order valence-electron chi connectivity index (χ2n) is 4.46.